The van der Waals surface area contributed by atoms with E-state index in [1.807, 2.05) is 31.9 Å². The molecule has 1 saturated heterocycles. The van der Waals surface area contributed by atoms with Crippen molar-refractivity contribution in [2.75, 3.05) is 20.1 Å². The molecule has 1 aromatic rings. The standard InChI is InChI=1S/C13H21N3O/c1-9-7-10(2)15-12(9)13(17)16-6-4-5-11(8-16)14-3/h7,11,14-15H,4-6,8H2,1-3H3. The van der Waals surface area contributed by atoms with E-state index in [0.717, 1.165) is 42.9 Å². The van der Waals surface area contributed by atoms with Crippen LogP contribution in [0.4, 0.5) is 0 Å². The number of likely N-dealkylation sites (N-methyl/N-ethyl adjacent to an activating group) is 1. The number of carbonyl (C=O) groups is 1. The van der Waals surface area contributed by atoms with E-state index in [1.54, 1.807) is 0 Å². The minimum Gasteiger partial charge on any atom is -0.354 e. The number of aromatic nitrogens is 1. The monoisotopic (exact) mass is 235 g/mol. The molecule has 0 radical (unpaired) electrons. The van der Waals surface area contributed by atoms with Gasteiger partial charge in [-0.25, -0.2) is 0 Å². The van der Waals surface area contributed by atoms with E-state index in [2.05, 4.69) is 10.3 Å². The molecule has 1 atom stereocenters. The summed E-state index contributed by atoms with van der Waals surface area (Å²) < 4.78 is 0. The van der Waals surface area contributed by atoms with Crippen LogP contribution >= 0.6 is 0 Å². The second kappa shape index (κ2) is 4.92. The van der Waals surface area contributed by atoms with Gasteiger partial charge in [0.25, 0.3) is 5.91 Å². The van der Waals surface area contributed by atoms with E-state index in [-0.39, 0.29) is 5.91 Å². The van der Waals surface area contributed by atoms with E-state index in [0.29, 0.717) is 6.04 Å². The highest BCUT2D eigenvalue weighted by molar-refractivity contribution is 5.94. The van der Waals surface area contributed by atoms with Crippen LogP contribution in [0.3, 0.4) is 0 Å². The third-order valence-electron chi connectivity index (χ3n) is 3.48. The fraction of sp³-hybridized carbons (Fsp3) is 0.615. The van der Waals surface area contributed by atoms with Gasteiger partial charge in [-0.3, -0.25) is 4.79 Å². The number of aromatic amines is 1. The number of nitrogens with zero attached hydrogens (tertiary/aromatic N) is 1. The minimum atomic E-state index is 0.135. The molecule has 0 saturated carbocycles. The van der Waals surface area contributed by atoms with Crippen LogP contribution in [-0.2, 0) is 0 Å². The van der Waals surface area contributed by atoms with Gasteiger partial charge < -0.3 is 15.2 Å². The van der Waals surface area contributed by atoms with Gasteiger partial charge in [0, 0.05) is 24.8 Å². The minimum absolute atomic E-state index is 0.135. The van der Waals surface area contributed by atoms with Gasteiger partial charge in [0.15, 0.2) is 0 Å². The molecule has 0 aliphatic carbocycles. The molecule has 1 aliphatic heterocycles. The summed E-state index contributed by atoms with van der Waals surface area (Å²) in [4.78, 5) is 17.5. The summed E-state index contributed by atoms with van der Waals surface area (Å²) in [7, 11) is 1.96. The third kappa shape index (κ3) is 2.52. The Balaban J connectivity index is 2.12. The molecule has 2 N–H and O–H groups in total. The fourth-order valence-electron chi connectivity index (χ4n) is 2.51. The van der Waals surface area contributed by atoms with Crippen LogP contribution in [0.25, 0.3) is 0 Å². The maximum atomic E-state index is 12.4. The predicted molar refractivity (Wildman–Crippen MR) is 68.3 cm³/mol. The number of nitrogens with one attached hydrogen (secondary N) is 2. The van der Waals surface area contributed by atoms with Gasteiger partial charge in [0.05, 0.1) is 0 Å². The van der Waals surface area contributed by atoms with Gasteiger partial charge in [-0.05, 0) is 45.4 Å². The Bertz CT molecular complexity index is 411. The van der Waals surface area contributed by atoms with Gasteiger partial charge in [0.1, 0.15) is 5.69 Å². The average Bonchev–Trinajstić information content (AvgIpc) is 2.67. The summed E-state index contributed by atoms with van der Waals surface area (Å²) in [6, 6.07) is 2.45. The highest BCUT2D eigenvalue weighted by atomic mass is 16.2. The van der Waals surface area contributed by atoms with Crippen molar-refractivity contribution in [1.82, 2.24) is 15.2 Å². The van der Waals surface area contributed by atoms with Crippen LogP contribution in [0.2, 0.25) is 0 Å². The lowest BCUT2D eigenvalue weighted by Crippen LogP contribution is -2.47. The summed E-state index contributed by atoms with van der Waals surface area (Å²) >= 11 is 0. The van der Waals surface area contributed by atoms with Crippen molar-refractivity contribution in [3.63, 3.8) is 0 Å². The van der Waals surface area contributed by atoms with Crippen LogP contribution < -0.4 is 5.32 Å². The average molecular weight is 235 g/mol. The Morgan fingerprint density at radius 1 is 1.53 bits per heavy atom. The third-order valence-corrected chi connectivity index (χ3v) is 3.48. The topological polar surface area (TPSA) is 48.1 Å². The number of hydrogen-bond acceptors (Lipinski definition) is 2. The highest BCUT2D eigenvalue weighted by Gasteiger charge is 2.25. The fourth-order valence-corrected chi connectivity index (χ4v) is 2.51. The lowest BCUT2D eigenvalue weighted by Gasteiger charge is -2.32. The van der Waals surface area contributed by atoms with Crippen LogP contribution in [0.1, 0.15) is 34.6 Å². The van der Waals surface area contributed by atoms with Crippen LogP contribution in [0.15, 0.2) is 6.07 Å². The number of amides is 1. The molecular weight excluding hydrogens is 214 g/mol. The van der Waals surface area contributed by atoms with E-state index in [1.165, 1.54) is 0 Å². The molecule has 17 heavy (non-hydrogen) atoms. The Hall–Kier alpha value is -1.29. The number of likely N-dealkylation sites (tertiary alicyclic amines) is 1. The second-order valence-electron chi connectivity index (χ2n) is 4.89. The molecule has 4 heteroatoms. The van der Waals surface area contributed by atoms with Crippen molar-refractivity contribution in [1.29, 1.82) is 0 Å². The number of hydrogen-bond donors (Lipinski definition) is 2. The molecule has 1 aromatic heterocycles. The highest BCUT2D eigenvalue weighted by Crippen LogP contribution is 2.16. The summed E-state index contributed by atoms with van der Waals surface area (Å²) in [5.41, 5.74) is 2.84. The maximum Gasteiger partial charge on any atom is 0.270 e. The molecule has 0 aromatic carbocycles. The molecule has 4 nitrogen and oxygen atoms in total. The van der Waals surface area contributed by atoms with Crippen molar-refractivity contribution in [2.24, 2.45) is 0 Å². The molecule has 1 unspecified atom stereocenters. The van der Waals surface area contributed by atoms with Gasteiger partial charge in [-0.2, -0.15) is 0 Å². The second-order valence-corrected chi connectivity index (χ2v) is 4.89. The summed E-state index contributed by atoms with van der Waals surface area (Å²) in [6.07, 6.45) is 2.24. The quantitative estimate of drug-likeness (QED) is 0.815. The summed E-state index contributed by atoms with van der Waals surface area (Å²) in [5, 5.41) is 3.26. The Morgan fingerprint density at radius 3 is 2.88 bits per heavy atom. The van der Waals surface area contributed by atoms with E-state index < -0.39 is 0 Å². The number of piperidine rings is 1. The molecule has 2 rings (SSSR count). The van der Waals surface area contributed by atoms with Crippen molar-refractivity contribution in [3.05, 3.63) is 23.0 Å². The molecule has 1 aliphatic rings. The predicted octanol–water partition coefficient (Wildman–Crippen LogP) is 1.46. The molecular formula is C13H21N3O. The first-order chi connectivity index (χ1) is 8.11. The number of carbonyl (C=O) groups excluding carboxylic acids is 1. The Labute approximate surface area is 102 Å². The molecule has 2 heterocycles. The molecule has 94 valence electrons. The van der Waals surface area contributed by atoms with E-state index in [4.69, 9.17) is 0 Å². The number of aryl methyl sites for hydroxylation is 2. The van der Waals surface area contributed by atoms with Crippen molar-refractivity contribution in [3.8, 4) is 0 Å². The lowest BCUT2D eigenvalue weighted by atomic mass is 10.1. The van der Waals surface area contributed by atoms with Crippen LogP contribution in [0, 0.1) is 13.8 Å². The van der Waals surface area contributed by atoms with Crippen LogP contribution in [-0.4, -0.2) is 42.0 Å². The van der Waals surface area contributed by atoms with Gasteiger partial charge in [-0.15, -0.1) is 0 Å². The zero-order valence-electron chi connectivity index (χ0n) is 10.8. The zero-order valence-corrected chi connectivity index (χ0v) is 10.8. The van der Waals surface area contributed by atoms with Crippen LogP contribution in [0.5, 0.6) is 0 Å². The first-order valence-corrected chi connectivity index (χ1v) is 6.24. The van der Waals surface area contributed by atoms with E-state index >= 15 is 0 Å². The first-order valence-electron chi connectivity index (χ1n) is 6.24. The Kier molecular flexibility index (Phi) is 3.52. The van der Waals surface area contributed by atoms with Gasteiger partial charge >= 0.3 is 0 Å². The van der Waals surface area contributed by atoms with E-state index in [9.17, 15) is 4.79 Å². The molecule has 0 bridgehead atoms. The van der Waals surface area contributed by atoms with Crippen molar-refractivity contribution < 1.29 is 4.79 Å². The Morgan fingerprint density at radius 2 is 2.29 bits per heavy atom. The lowest BCUT2D eigenvalue weighted by molar-refractivity contribution is 0.0692. The smallest absolute Gasteiger partial charge is 0.270 e. The van der Waals surface area contributed by atoms with Crippen molar-refractivity contribution in [2.45, 2.75) is 32.7 Å². The van der Waals surface area contributed by atoms with Gasteiger partial charge in [-0.1, -0.05) is 0 Å². The largest absolute Gasteiger partial charge is 0.354 e. The van der Waals surface area contributed by atoms with Crippen molar-refractivity contribution >= 4 is 5.91 Å². The number of H-pyrrole nitrogens is 1. The molecule has 1 amide bonds. The summed E-state index contributed by atoms with van der Waals surface area (Å²) in [5.74, 6) is 0.135. The zero-order chi connectivity index (χ0) is 12.4. The number of rotatable bonds is 2. The molecule has 0 spiro atoms. The normalized spacial score (nSPS) is 20.6. The summed E-state index contributed by atoms with van der Waals surface area (Å²) in [6.45, 7) is 5.65. The SMILES string of the molecule is CNC1CCCN(C(=O)c2[nH]c(C)cc2C)C1. The van der Waals surface area contributed by atoms with Gasteiger partial charge in [0.2, 0.25) is 0 Å². The maximum absolute atomic E-state index is 12.4. The first kappa shape index (κ1) is 12.2. The molecule has 1 fully saturated rings.